The van der Waals surface area contributed by atoms with Gasteiger partial charge in [0, 0.05) is 102 Å². The van der Waals surface area contributed by atoms with Crippen molar-refractivity contribution in [2.75, 3.05) is 52.4 Å². The van der Waals surface area contributed by atoms with Crippen molar-refractivity contribution < 1.29 is 24.2 Å². The molecular formula is C54H74N12O5. The number of piperazine rings is 2. The number of aliphatic hydroxyl groups is 1. The number of hydrogen-bond acceptors (Lipinski definition) is 11. The van der Waals surface area contributed by atoms with Crippen molar-refractivity contribution in [3.8, 4) is 0 Å². The van der Waals surface area contributed by atoms with E-state index < -0.39 is 11.7 Å². The summed E-state index contributed by atoms with van der Waals surface area (Å²) >= 11 is 0. The van der Waals surface area contributed by atoms with Gasteiger partial charge in [0.2, 0.25) is 0 Å². The van der Waals surface area contributed by atoms with Crippen LogP contribution in [0, 0.1) is 0 Å². The smallest absolute Gasteiger partial charge is 0.410 e. The molecule has 2 N–H and O–H groups in total. The van der Waals surface area contributed by atoms with E-state index in [-0.39, 0.29) is 38.7 Å². The highest BCUT2D eigenvalue weighted by Gasteiger charge is 2.31. The first-order chi connectivity index (χ1) is 32.8. The number of fused-ring (bicyclic) bond motifs is 4. The van der Waals surface area contributed by atoms with Crippen LogP contribution in [0.15, 0.2) is 97.6 Å². The van der Waals surface area contributed by atoms with Gasteiger partial charge in [-0.25, -0.2) is 9.59 Å². The maximum absolute atomic E-state index is 12.6. The van der Waals surface area contributed by atoms with Crippen LogP contribution in [0.2, 0.25) is 0 Å². The number of amides is 2. The first-order valence-corrected chi connectivity index (χ1v) is 23.6. The minimum Gasteiger partial charge on any atom is -0.444 e. The molecule has 8 aromatic rings. The highest BCUT2D eigenvalue weighted by Crippen LogP contribution is 2.34. The third kappa shape index (κ3) is 12.6. The zero-order valence-electron chi connectivity index (χ0n) is 41.5. The minimum atomic E-state index is -0.658. The molecule has 6 heterocycles. The molecule has 2 aliphatic rings. The minimum absolute atomic E-state index is 0. The molecule has 4 aromatic carbocycles. The monoisotopic (exact) mass is 971 g/mol. The van der Waals surface area contributed by atoms with E-state index >= 15 is 0 Å². The van der Waals surface area contributed by atoms with E-state index in [1.807, 2.05) is 155 Å². The fourth-order valence-electron chi connectivity index (χ4n) is 8.88. The Balaban J connectivity index is 0.000000191. The van der Waals surface area contributed by atoms with Gasteiger partial charge < -0.3 is 29.7 Å². The Morgan fingerprint density at radius 2 is 0.817 bits per heavy atom. The summed E-state index contributed by atoms with van der Waals surface area (Å²) in [5, 5.41) is 35.5. The zero-order chi connectivity index (χ0) is 49.2. The van der Waals surface area contributed by atoms with E-state index in [0.29, 0.717) is 13.1 Å². The van der Waals surface area contributed by atoms with Crippen LogP contribution in [-0.2, 0) is 37.7 Å². The molecule has 17 nitrogen and oxygen atoms in total. The lowest BCUT2D eigenvalue weighted by molar-refractivity contribution is 0.0118. The van der Waals surface area contributed by atoms with Crippen LogP contribution in [0.5, 0.6) is 0 Å². The van der Waals surface area contributed by atoms with Gasteiger partial charge in [0.1, 0.15) is 17.3 Å². The van der Waals surface area contributed by atoms with Crippen molar-refractivity contribution in [1.82, 2.24) is 59.1 Å². The van der Waals surface area contributed by atoms with Crippen LogP contribution >= 0.6 is 0 Å². The second kappa shape index (κ2) is 22.1. The number of nitrogens with one attached hydrogen (secondary N) is 1. The highest BCUT2D eigenvalue weighted by molar-refractivity contribution is 5.82. The molecular weight excluding hydrogens is 897 g/mol. The molecule has 0 bridgehead atoms. The van der Waals surface area contributed by atoms with Gasteiger partial charge >= 0.3 is 12.2 Å². The van der Waals surface area contributed by atoms with Gasteiger partial charge in [-0.15, -0.1) is 0 Å². The normalized spacial score (nSPS) is 14.5. The van der Waals surface area contributed by atoms with Crippen LogP contribution in [0.25, 0.3) is 43.6 Å². The first kappa shape index (κ1) is 53.5. The van der Waals surface area contributed by atoms with Crippen LogP contribution in [-0.4, -0.2) is 135 Å². The van der Waals surface area contributed by atoms with E-state index in [1.54, 1.807) is 4.90 Å². The standard InChI is InChI=1S/C26H32N6O2.C17H16N4O.C9H18N2O2.2CH4/c1-26(2,3)34-25(33)32-12-10-31(11-13-32)24(18-6-8-22-20(14-18)16-27-29(22)4)19-7-9-23-21(15-19)17-28-30(23)5;1-20-15-5-3-11(7-13(15)9-18-20)17(22)12-4-6-16-14(8-12)10-19-21(16)2;1-9(2,3)13-8(12)11-6-4-10-5-7-11;;/h6-9,14-17,24H,10-13H2,1-5H3;3-10,17,22H,1-2H3;10H,4-7H2,1-3H3;2*1H4. The molecule has 17 heteroatoms. The molecule has 0 saturated carbocycles. The molecule has 2 saturated heterocycles. The number of nitrogens with zero attached hydrogens (tertiary/aromatic N) is 11. The molecule has 4 aromatic heterocycles. The number of aryl methyl sites for hydroxylation is 4. The van der Waals surface area contributed by atoms with E-state index in [0.717, 1.165) is 94.0 Å². The van der Waals surface area contributed by atoms with Gasteiger partial charge in [-0.1, -0.05) is 39.1 Å². The molecule has 2 aliphatic heterocycles. The zero-order valence-corrected chi connectivity index (χ0v) is 41.5. The molecule has 2 amide bonds. The SMILES string of the molecule is C.C.CC(C)(C)OC(=O)N1CCNCC1.Cn1ncc2cc(C(O)c3ccc4c(cnn4C)c3)ccc21.Cn1ncc2cc(C(c3ccc4c(cnn4C)c3)N3CCN(C(=O)OC(C)(C)C)CC3)ccc21. The van der Waals surface area contributed by atoms with Gasteiger partial charge in [-0.05, 0) is 112 Å². The van der Waals surface area contributed by atoms with Crippen LogP contribution in [0.3, 0.4) is 0 Å². The number of carbonyl (C=O) groups excluding carboxylic acids is 2. The fourth-order valence-corrected chi connectivity index (χ4v) is 8.88. The average Bonchev–Trinajstić information content (AvgIpc) is 4.10. The summed E-state index contributed by atoms with van der Waals surface area (Å²) in [5.41, 5.74) is 7.62. The van der Waals surface area contributed by atoms with Gasteiger partial charge in [0.25, 0.3) is 0 Å². The quantitative estimate of drug-likeness (QED) is 0.169. The third-order valence-corrected chi connectivity index (χ3v) is 12.4. The van der Waals surface area contributed by atoms with Crippen molar-refractivity contribution in [2.45, 2.75) is 79.7 Å². The average molecular weight is 971 g/mol. The summed E-state index contributed by atoms with van der Waals surface area (Å²) in [6, 6.07) is 25.1. The molecule has 0 unspecified atom stereocenters. The Hall–Kier alpha value is -6.82. The molecule has 71 heavy (non-hydrogen) atoms. The maximum atomic E-state index is 12.6. The second-order valence-electron chi connectivity index (χ2n) is 19.9. The summed E-state index contributed by atoms with van der Waals surface area (Å²) in [6.45, 7) is 17.4. The lowest BCUT2D eigenvalue weighted by atomic mass is 9.94. The van der Waals surface area contributed by atoms with Gasteiger partial charge in [0.05, 0.1) is 52.9 Å². The van der Waals surface area contributed by atoms with Gasteiger partial charge in [0.15, 0.2) is 0 Å². The number of hydrogen-bond donors (Lipinski definition) is 2. The Kier molecular flexibility index (Phi) is 16.6. The summed E-state index contributed by atoms with van der Waals surface area (Å²) in [6.07, 6.45) is 6.37. The summed E-state index contributed by atoms with van der Waals surface area (Å²) in [7, 11) is 7.75. The Labute approximate surface area is 417 Å². The number of rotatable bonds is 5. The van der Waals surface area contributed by atoms with Crippen molar-refractivity contribution in [1.29, 1.82) is 0 Å². The molecule has 0 atom stereocenters. The predicted molar refractivity (Wildman–Crippen MR) is 282 cm³/mol. The van der Waals surface area contributed by atoms with Gasteiger partial charge in [-0.2, -0.15) is 20.4 Å². The van der Waals surface area contributed by atoms with Crippen molar-refractivity contribution in [3.05, 3.63) is 120 Å². The van der Waals surface area contributed by atoms with Crippen molar-refractivity contribution in [3.63, 3.8) is 0 Å². The van der Waals surface area contributed by atoms with E-state index in [2.05, 4.69) is 67.0 Å². The molecule has 2 fully saturated rings. The van der Waals surface area contributed by atoms with Gasteiger partial charge in [-0.3, -0.25) is 23.6 Å². The molecule has 0 aliphatic carbocycles. The lowest BCUT2D eigenvalue weighted by Gasteiger charge is -2.40. The Bertz CT molecular complexity index is 2910. The predicted octanol–water partition coefficient (Wildman–Crippen LogP) is 8.74. The fraction of sp³-hybridized carbons (Fsp3) is 0.444. The summed E-state index contributed by atoms with van der Waals surface area (Å²) in [5.74, 6) is 0. The maximum Gasteiger partial charge on any atom is 0.410 e. The molecule has 10 rings (SSSR count). The van der Waals surface area contributed by atoms with E-state index in [9.17, 15) is 14.7 Å². The number of ether oxygens (including phenoxy) is 2. The first-order valence-electron chi connectivity index (χ1n) is 23.6. The third-order valence-electron chi connectivity index (χ3n) is 12.4. The summed E-state index contributed by atoms with van der Waals surface area (Å²) in [4.78, 5) is 30.1. The van der Waals surface area contributed by atoms with Crippen molar-refractivity contribution in [2.24, 2.45) is 28.2 Å². The topological polar surface area (TPSA) is 166 Å². The Morgan fingerprint density at radius 3 is 1.15 bits per heavy atom. The lowest BCUT2D eigenvalue weighted by Crippen LogP contribution is -2.51. The molecule has 380 valence electrons. The van der Waals surface area contributed by atoms with E-state index in [1.165, 1.54) is 11.1 Å². The highest BCUT2D eigenvalue weighted by atomic mass is 16.6. The van der Waals surface area contributed by atoms with Crippen LogP contribution in [0.1, 0.15) is 90.8 Å². The van der Waals surface area contributed by atoms with Crippen LogP contribution < -0.4 is 5.32 Å². The Morgan fingerprint density at radius 1 is 0.507 bits per heavy atom. The molecule has 0 spiro atoms. The summed E-state index contributed by atoms with van der Waals surface area (Å²) < 4.78 is 18.3. The number of aliphatic hydroxyl groups excluding tert-OH is 1. The van der Waals surface area contributed by atoms with E-state index in [4.69, 9.17) is 9.47 Å². The second-order valence-corrected chi connectivity index (χ2v) is 19.9. The van der Waals surface area contributed by atoms with Crippen molar-refractivity contribution >= 4 is 55.8 Å². The van der Waals surface area contributed by atoms with Crippen LogP contribution in [0.4, 0.5) is 9.59 Å². The number of carbonyl (C=O) groups is 2. The largest absolute Gasteiger partial charge is 0.444 e. The number of benzene rings is 4. The molecule has 0 radical (unpaired) electrons. The number of aromatic nitrogens is 8.